The Kier molecular flexibility index (Phi) is 5.33. The fourth-order valence-corrected chi connectivity index (χ4v) is 1.80. The molecule has 0 aliphatic heterocycles. The van der Waals surface area contributed by atoms with Gasteiger partial charge in [-0.3, -0.25) is 0 Å². The van der Waals surface area contributed by atoms with Gasteiger partial charge in [0.25, 0.3) is 0 Å². The van der Waals surface area contributed by atoms with Crippen molar-refractivity contribution in [2.45, 2.75) is 13.8 Å². The van der Waals surface area contributed by atoms with Gasteiger partial charge < -0.3 is 5.32 Å². The average molecular weight is 258 g/mol. The Labute approximate surface area is 107 Å². The largest absolute Gasteiger partial charge is 0.316 e. The highest BCUT2D eigenvalue weighted by Gasteiger charge is 2.05. The summed E-state index contributed by atoms with van der Waals surface area (Å²) < 4.78 is 0. The normalized spacial score (nSPS) is 12.2. The van der Waals surface area contributed by atoms with Crippen LogP contribution in [0.4, 0.5) is 0 Å². The number of rotatable bonds is 4. The van der Waals surface area contributed by atoms with E-state index in [1.54, 1.807) is 6.07 Å². The molecule has 0 saturated carbocycles. The number of hydrogen-bond donors (Lipinski definition) is 1. The Morgan fingerprint density at radius 2 is 2.06 bits per heavy atom. The van der Waals surface area contributed by atoms with Gasteiger partial charge in [0.05, 0.1) is 0 Å². The lowest BCUT2D eigenvalue weighted by Crippen LogP contribution is -2.13. The topological polar surface area (TPSA) is 12.0 Å². The van der Waals surface area contributed by atoms with Crippen molar-refractivity contribution in [3.05, 3.63) is 39.4 Å². The van der Waals surface area contributed by atoms with Gasteiger partial charge >= 0.3 is 0 Å². The molecule has 0 fully saturated rings. The van der Waals surface area contributed by atoms with Crippen LogP contribution in [0.5, 0.6) is 0 Å². The third kappa shape index (κ3) is 3.82. The highest BCUT2D eigenvalue weighted by atomic mass is 35.5. The molecule has 1 N–H and O–H groups in total. The van der Waals surface area contributed by atoms with E-state index in [0.29, 0.717) is 10.9 Å². The quantitative estimate of drug-likeness (QED) is 0.851. The monoisotopic (exact) mass is 257 g/mol. The Hall–Kier alpha value is -0.500. The van der Waals surface area contributed by atoms with Crippen molar-refractivity contribution in [1.82, 2.24) is 5.32 Å². The summed E-state index contributed by atoms with van der Waals surface area (Å²) in [6, 6.07) is 5.52. The first-order valence-electron chi connectivity index (χ1n) is 5.34. The van der Waals surface area contributed by atoms with E-state index in [4.69, 9.17) is 23.2 Å². The second-order valence-electron chi connectivity index (χ2n) is 4.07. The molecular formula is C13H17Cl2N. The molecule has 0 spiro atoms. The van der Waals surface area contributed by atoms with Crippen LogP contribution in [0.1, 0.15) is 19.4 Å². The standard InChI is InChI=1S/C13H17Cl2N/c1-9(2)11(8-16-3)6-10-7-12(14)4-5-13(10)15/h4-7,9,16H,8H2,1-3H3/b11-6-. The van der Waals surface area contributed by atoms with Gasteiger partial charge in [-0.2, -0.15) is 0 Å². The maximum atomic E-state index is 6.12. The summed E-state index contributed by atoms with van der Waals surface area (Å²) >= 11 is 12.1. The van der Waals surface area contributed by atoms with Crippen molar-refractivity contribution < 1.29 is 0 Å². The lowest BCUT2D eigenvalue weighted by Gasteiger charge is -2.11. The van der Waals surface area contributed by atoms with Gasteiger partial charge in [-0.05, 0) is 36.7 Å². The number of benzene rings is 1. The van der Waals surface area contributed by atoms with E-state index < -0.39 is 0 Å². The highest BCUT2D eigenvalue weighted by molar-refractivity contribution is 6.34. The van der Waals surface area contributed by atoms with E-state index in [1.807, 2.05) is 19.2 Å². The van der Waals surface area contributed by atoms with Crippen LogP contribution in [0.15, 0.2) is 23.8 Å². The fraction of sp³-hybridized carbons (Fsp3) is 0.385. The zero-order valence-corrected chi connectivity index (χ0v) is 11.4. The number of likely N-dealkylation sites (N-methyl/N-ethyl adjacent to an activating group) is 1. The molecular weight excluding hydrogens is 241 g/mol. The van der Waals surface area contributed by atoms with Gasteiger partial charge in [0.2, 0.25) is 0 Å². The molecule has 0 atom stereocenters. The molecule has 0 heterocycles. The minimum Gasteiger partial charge on any atom is -0.316 e. The molecule has 0 radical (unpaired) electrons. The summed E-state index contributed by atoms with van der Waals surface area (Å²) in [5.74, 6) is 0.488. The van der Waals surface area contributed by atoms with Crippen molar-refractivity contribution >= 4 is 29.3 Å². The van der Waals surface area contributed by atoms with Gasteiger partial charge in [-0.15, -0.1) is 0 Å². The number of nitrogens with one attached hydrogen (secondary N) is 1. The summed E-state index contributed by atoms with van der Waals surface area (Å²) in [5.41, 5.74) is 2.29. The first-order valence-corrected chi connectivity index (χ1v) is 6.10. The van der Waals surface area contributed by atoms with Crippen LogP contribution in [0.2, 0.25) is 10.0 Å². The van der Waals surface area contributed by atoms with Gasteiger partial charge in [0, 0.05) is 16.6 Å². The lowest BCUT2D eigenvalue weighted by molar-refractivity contribution is 0.713. The van der Waals surface area contributed by atoms with E-state index in [0.717, 1.165) is 17.1 Å². The molecule has 3 heteroatoms. The zero-order valence-electron chi connectivity index (χ0n) is 9.85. The van der Waals surface area contributed by atoms with Crippen molar-refractivity contribution in [1.29, 1.82) is 0 Å². The predicted molar refractivity (Wildman–Crippen MR) is 73.2 cm³/mol. The van der Waals surface area contributed by atoms with E-state index >= 15 is 0 Å². The maximum Gasteiger partial charge on any atom is 0.0479 e. The van der Waals surface area contributed by atoms with Crippen LogP contribution in [-0.2, 0) is 0 Å². The molecule has 1 aromatic carbocycles. The second-order valence-corrected chi connectivity index (χ2v) is 4.91. The van der Waals surface area contributed by atoms with Crippen LogP contribution in [-0.4, -0.2) is 13.6 Å². The molecule has 1 nitrogen and oxygen atoms in total. The zero-order chi connectivity index (χ0) is 12.1. The average Bonchev–Trinajstić information content (AvgIpc) is 2.22. The molecule has 0 aliphatic rings. The number of halogens is 2. The third-order valence-electron chi connectivity index (χ3n) is 2.42. The number of hydrogen-bond acceptors (Lipinski definition) is 1. The minimum absolute atomic E-state index is 0.488. The Balaban J connectivity index is 3.06. The molecule has 0 aliphatic carbocycles. The lowest BCUT2D eigenvalue weighted by atomic mass is 10.0. The Morgan fingerprint density at radius 1 is 1.38 bits per heavy atom. The smallest absolute Gasteiger partial charge is 0.0479 e. The van der Waals surface area contributed by atoms with E-state index in [-0.39, 0.29) is 0 Å². The van der Waals surface area contributed by atoms with Crippen molar-refractivity contribution in [2.75, 3.05) is 13.6 Å². The predicted octanol–water partition coefficient (Wildman–Crippen LogP) is 4.25. The summed E-state index contributed by atoms with van der Waals surface area (Å²) in [4.78, 5) is 0. The molecule has 0 aromatic heterocycles. The SMILES string of the molecule is CNC/C(=C/c1cc(Cl)ccc1Cl)C(C)C. The fourth-order valence-electron chi connectivity index (χ4n) is 1.45. The van der Waals surface area contributed by atoms with Crippen LogP contribution < -0.4 is 5.32 Å². The van der Waals surface area contributed by atoms with Gasteiger partial charge in [-0.25, -0.2) is 0 Å². The van der Waals surface area contributed by atoms with E-state index in [9.17, 15) is 0 Å². The van der Waals surface area contributed by atoms with Crippen molar-refractivity contribution in [3.8, 4) is 0 Å². The highest BCUT2D eigenvalue weighted by Crippen LogP contribution is 2.24. The summed E-state index contributed by atoms with van der Waals surface area (Å²) in [7, 11) is 1.94. The van der Waals surface area contributed by atoms with E-state index in [2.05, 4.69) is 25.2 Å². The molecule has 1 aromatic rings. The molecule has 1 rings (SSSR count). The van der Waals surface area contributed by atoms with Crippen LogP contribution in [0.25, 0.3) is 6.08 Å². The minimum atomic E-state index is 0.488. The maximum absolute atomic E-state index is 6.12. The van der Waals surface area contributed by atoms with E-state index in [1.165, 1.54) is 5.57 Å². The van der Waals surface area contributed by atoms with Crippen molar-refractivity contribution in [3.63, 3.8) is 0 Å². The first kappa shape index (κ1) is 13.6. The Morgan fingerprint density at radius 3 is 2.62 bits per heavy atom. The van der Waals surface area contributed by atoms with Crippen LogP contribution >= 0.6 is 23.2 Å². The Bertz CT molecular complexity index is 384. The molecule has 0 saturated heterocycles. The summed E-state index contributed by atoms with van der Waals surface area (Å²) in [6.45, 7) is 5.20. The van der Waals surface area contributed by atoms with Gasteiger partial charge in [0.1, 0.15) is 0 Å². The second kappa shape index (κ2) is 6.29. The first-order chi connectivity index (χ1) is 7.54. The molecule has 16 heavy (non-hydrogen) atoms. The molecule has 0 amide bonds. The van der Waals surface area contributed by atoms with Gasteiger partial charge in [-0.1, -0.05) is 48.7 Å². The van der Waals surface area contributed by atoms with Crippen LogP contribution in [0, 0.1) is 5.92 Å². The van der Waals surface area contributed by atoms with Gasteiger partial charge in [0.15, 0.2) is 0 Å². The van der Waals surface area contributed by atoms with Crippen LogP contribution in [0.3, 0.4) is 0 Å². The molecule has 0 unspecified atom stereocenters. The summed E-state index contributed by atoms with van der Waals surface area (Å²) in [6.07, 6.45) is 2.11. The summed E-state index contributed by atoms with van der Waals surface area (Å²) in [5, 5.41) is 4.61. The molecule has 88 valence electrons. The molecule has 0 bridgehead atoms. The van der Waals surface area contributed by atoms with Crippen molar-refractivity contribution in [2.24, 2.45) is 5.92 Å². The third-order valence-corrected chi connectivity index (χ3v) is 3.00.